The van der Waals surface area contributed by atoms with Crippen LogP contribution in [0.15, 0.2) is 38.9 Å². The van der Waals surface area contributed by atoms with Gasteiger partial charge in [0.1, 0.15) is 0 Å². The molecule has 124 valence electrons. The van der Waals surface area contributed by atoms with Crippen LogP contribution in [0.3, 0.4) is 0 Å². The maximum absolute atomic E-state index is 8.67. The zero-order chi connectivity index (χ0) is 16.7. The van der Waals surface area contributed by atoms with E-state index in [9.17, 15) is 0 Å². The Morgan fingerprint density at radius 1 is 1.00 bits per heavy atom. The molecule has 0 aromatic heterocycles. The molecule has 0 aromatic carbocycles. The molecule has 0 aliphatic carbocycles. The van der Waals surface area contributed by atoms with Crippen molar-refractivity contribution in [1.82, 2.24) is 0 Å². The molecule has 9 heteroatoms. The Hall–Kier alpha value is 1.25. The van der Waals surface area contributed by atoms with E-state index in [2.05, 4.69) is 49.7 Å². The standard InChI is InChI=1S/C14H15NS8/c1-18-13-14(19-6-2-5-15)23-12(22-13)4-3-11-20-9(7-16)10(8-17)21-11/h3-4,16-17H,2,6-8H2,1H3/b12-4-. The number of nitriles is 1. The van der Waals surface area contributed by atoms with Gasteiger partial charge in [-0.3, -0.25) is 0 Å². The summed E-state index contributed by atoms with van der Waals surface area (Å²) in [5.41, 5.74) is 0. The van der Waals surface area contributed by atoms with Crippen LogP contribution in [0.25, 0.3) is 0 Å². The van der Waals surface area contributed by atoms with E-state index in [-0.39, 0.29) is 0 Å². The van der Waals surface area contributed by atoms with Crippen LogP contribution < -0.4 is 0 Å². The fourth-order valence-electron chi connectivity index (χ4n) is 1.58. The summed E-state index contributed by atoms with van der Waals surface area (Å²) in [6.07, 6.45) is 7.11. The molecule has 1 nitrogen and oxygen atoms in total. The minimum Gasteiger partial charge on any atom is -0.198 e. The lowest BCUT2D eigenvalue weighted by molar-refractivity contribution is 1.24. The first-order chi connectivity index (χ1) is 11.2. The van der Waals surface area contributed by atoms with Crippen LogP contribution in [0.5, 0.6) is 0 Å². The van der Waals surface area contributed by atoms with Gasteiger partial charge in [-0.2, -0.15) is 30.5 Å². The highest BCUT2D eigenvalue weighted by atomic mass is 32.3. The summed E-state index contributed by atoms with van der Waals surface area (Å²) in [5, 5.41) is 8.67. The lowest BCUT2D eigenvalue weighted by atomic mass is 10.6. The molecule has 2 aliphatic heterocycles. The quantitative estimate of drug-likeness (QED) is 0.321. The summed E-state index contributed by atoms with van der Waals surface area (Å²) >= 11 is 19.6. The molecule has 0 radical (unpaired) electrons. The smallest absolute Gasteiger partial charge is 0.0660 e. The number of thioether (sulfide) groups is 6. The lowest BCUT2D eigenvalue weighted by Crippen LogP contribution is -1.80. The van der Waals surface area contributed by atoms with Gasteiger partial charge >= 0.3 is 0 Å². The van der Waals surface area contributed by atoms with E-state index in [0.717, 1.165) is 17.3 Å². The number of nitrogens with zero attached hydrogens (tertiary/aromatic N) is 1. The molecule has 0 aromatic rings. The van der Waals surface area contributed by atoms with Gasteiger partial charge in [0.15, 0.2) is 0 Å². The van der Waals surface area contributed by atoms with E-state index >= 15 is 0 Å². The van der Waals surface area contributed by atoms with Crippen molar-refractivity contribution in [2.75, 3.05) is 23.5 Å². The minimum absolute atomic E-state index is 0.599. The van der Waals surface area contributed by atoms with E-state index in [4.69, 9.17) is 5.26 Å². The summed E-state index contributed by atoms with van der Waals surface area (Å²) < 4.78 is 5.27. The van der Waals surface area contributed by atoms with Gasteiger partial charge in [0.25, 0.3) is 0 Å². The topological polar surface area (TPSA) is 23.8 Å². The Morgan fingerprint density at radius 3 is 2.09 bits per heavy atom. The average molecular weight is 454 g/mol. The van der Waals surface area contributed by atoms with Crippen LogP contribution in [-0.4, -0.2) is 23.5 Å². The maximum atomic E-state index is 8.67. The first kappa shape index (κ1) is 20.6. The Kier molecular flexibility index (Phi) is 9.89. The van der Waals surface area contributed by atoms with E-state index < -0.39 is 0 Å². The van der Waals surface area contributed by atoms with Crippen molar-refractivity contribution < 1.29 is 0 Å². The summed E-state index contributed by atoms with van der Waals surface area (Å²) in [4.78, 5) is 2.64. The molecule has 0 bridgehead atoms. The highest BCUT2D eigenvalue weighted by molar-refractivity contribution is 8.40. The van der Waals surface area contributed by atoms with Gasteiger partial charge in [-0.15, -0.1) is 23.5 Å². The Morgan fingerprint density at radius 2 is 1.57 bits per heavy atom. The normalized spacial score (nSPS) is 19.9. The minimum atomic E-state index is 0.599. The van der Waals surface area contributed by atoms with E-state index in [0.29, 0.717) is 6.42 Å². The second kappa shape index (κ2) is 11.1. The van der Waals surface area contributed by atoms with Gasteiger partial charge in [0.2, 0.25) is 0 Å². The van der Waals surface area contributed by atoms with Crippen LogP contribution >= 0.6 is 95.8 Å². The molecular weight excluding hydrogens is 439 g/mol. The van der Waals surface area contributed by atoms with E-state index in [1.165, 1.54) is 26.8 Å². The van der Waals surface area contributed by atoms with E-state index in [1.807, 2.05) is 23.5 Å². The first-order valence-corrected chi connectivity index (χ1v) is 13.3. The third-order valence-electron chi connectivity index (χ3n) is 2.59. The van der Waals surface area contributed by atoms with Gasteiger partial charge in [0, 0.05) is 37.7 Å². The zero-order valence-electron chi connectivity index (χ0n) is 12.3. The molecule has 0 saturated carbocycles. The number of thiol groups is 2. The monoisotopic (exact) mass is 453 g/mol. The van der Waals surface area contributed by atoms with Crippen molar-refractivity contribution in [1.29, 1.82) is 5.26 Å². The molecule has 0 unspecified atom stereocenters. The number of hydrogen-bond donors (Lipinski definition) is 2. The van der Waals surface area contributed by atoms with Crippen molar-refractivity contribution in [3.05, 3.63) is 38.9 Å². The number of rotatable bonds is 7. The molecule has 0 amide bonds. The van der Waals surface area contributed by atoms with Gasteiger partial charge in [0.05, 0.1) is 18.8 Å². The Labute approximate surface area is 174 Å². The summed E-state index contributed by atoms with van der Waals surface area (Å²) in [5.74, 6) is 2.43. The second-order valence-electron chi connectivity index (χ2n) is 4.08. The molecule has 0 N–H and O–H groups in total. The molecule has 2 rings (SSSR count). The second-order valence-corrected chi connectivity index (χ2v) is 12.0. The predicted octanol–water partition coefficient (Wildman–Crippen LogP) is 6.84. The van der Waals surface area contributed by atoms with Crippen LogP contribution in [0.1, 0.15) is 6.42 Å². The summed E-state index contributed by atoms with van der Waals surface area (Å²) in [7, 11) is 0. The third kappa shape index (κ3) is 6.17. The Bertz CT molecular complexity index is 593. The van der Waals surface area contributed by atoms with Crippen LogP contribution in [0.2, 0.25) is 0 Å². The SMILES string of the molecule is CSC1=C(SCCC#N)S/C(=C\C=C2SC(CS)=C(CS)S2)S1. The Balaban J connectivity index is 1.96. The van der Waals surface area contributed by atoms with Crippen LogP contribution in [0, 0.1) is 11.3 Å². The molecular formula is C14H15NS8. The van der Waals surface area contributed by atoms with Crippen LogP contribution in [0.4, 0.5) is 0 Å². The van der Waals surface area contributed by atoms with Gasteiger partial charge in [-0.25, -0.2) is 0 Å². The van der Waals surface area contributed by atoms with E-state index in [1.54, 1.807) is 47.0 Å². The lowest BCUT2D eigenvalue weighted by Gasteiger charge is -1.99. The fourth-order valence-corrected chi connectivity index (χ4v) is 10.0. The molecule has 2 aliphatic rings. The van der Waals surface area contributed by atoms with Crippen molar-refractivity contribution in [3.8, 4) is 6.07 Å². The average Bonchev–Trinajstić information content (AvgIpc) is 3.16. The van der Waals surface area contributed by atoms with Crippen LogP contribution in [-0.2, 0) is 0 Å². The largest absolute Gasteiger partial charge is 0.198 e. The van der Waals surface area contributed by atoms with Crippen molar-refractivity contribution in [2.45, 2.75) is 6.42 Å². The third-order valence-corrected chi connectivity index (χ3v) is 11.5. The molecule has 2 heterocycles. The highest BCUT2D eigenvalue weighted by Crippen LogP contribution is 2.57. The summed E-state index contributed by atoms with van der Waals surface area (Å²) in [6.45, 7) is 0. The molecule has 23 heavy (non-hydrogen) atoms. The van der Waals surface area contributed by atoms with Crippen molar-refractivity contribution >= 4 is 95.8 Å². The molecule has 0 spiro atoms. The fraction of sp³-hybridized carbons (Fsp3) is 0.357. The van der Waals surface area contributed by atoms with Crippen molar-refractivity contribution in [2.24, 2.45) is 0 Å². The number of hydrogen-bond acceptors (Lipinski definition) is 9. The molecule has 0 saturated heterocycles. The van der Waals surface area contributed by atoms with Gasteiger partial charge < -0.3 is 0 Å². The maximum Gasteiger partial charge on any atom is 0.0660 e. The first-order valence-electron chi connectivity index (χ1n) is 6.57. The molecule has 0 atom stereocenters. The highest BCUT2D eigenvalue weighted by Gasteiger charge is 2.21. The predicted molar refractivity (Wildman–Crippen MR) is 124 cm³/mol. The summed E-state index contributed by atoms with van der Waals surface area (Å²) in [6, 6.07) is 2.20. The number of allylic oxidation sites excluding steroid dienone is 2. The van der Waals surface area contributed by atoms with Gasteiger partial charge in [-0.05, 0) is 18.4 Å². The van der Waals surface area contributed by atoms with Gasteiger partial charge in [-0.1, -0.05) is 47.0 Å². The van der Waals surface area contributed by atoms with Crippen molar-refractivity contribution in [3.63, 3.8) is 0 Å². The zero-order valence-corrected chi connectivity index (χ0v) is 19.0. The molecule has 0 fully saturated rings.